The summed E-state index contributed by atoms with van der Waals surface area (Å²) in [5.74, 6) is -2.52. The van der Waals surface area contributed by atoms with Crippen LogP contribution in [0.2, 0.25) is 0 Å². The first-order valence-corrected chi connectivity index (χ1v) is 8.41. The largest absolute Gasteiger partial charge is 0.481 e. The molecular weight excluding hydrogens is 322 g/mol. The fraction of sp³-hybridized carbons (Fsp3) is 0.286. The van der Waals surface area contributed by atoms with Crippen LogP contribution in [0.5, 0.6) is 0 Å². The number of nitrogens with one attached hydrogen (secondary N) is 1. The quantitative estimate of drug-likeness (QED) is 0.838. The molecule has 2 N–H and O–H groups in total. The van der Waals surface area contributed by atoms with Crippen LogP contribution >= 0.6 is 22.7 Å². The lowest BCUT2D eigenvalue weighted by Crippen LogP contribution is -2.34. The zero-order valence-corrected chi connectivity index (χ0v) is 13.1. The lowest BCUT2D eigenvalue weighted by Gasteiger charge is -2.23. The van der Waals surface area contributed by atoms with Crippen molar-refractivity contribution in [2.45, 2.75) is 12.8 Å². The van der Waals surface area contributed by atoms with Crippen molar-refractivity contribution in [3.63, 3.8) is 0 Å². The summed E-state index contributed by atoms with van der Waals surface area (Å²) in [4.78, 5) is 24.5. The molecule has 0 unspecified atom stereocenters. The van der Waals surface area contributed by atoms with Crippen LogP contribution in [0, 0.1) is 11.8 Å². The zero-order valence-electron chi connectivity index (χ0n) is 11.4. The number of allylic oxidation sites excluding steroid dienone is 2. The van der Waals surface area contributed by atoms with Gasteiger partial charge in [-0.15, -0.1) is 21.5 Å². The van der Waals surface area contributed by atoms with Gasteiger partial charge in [-0.3, -0.25) is 9.59 Å². The molecule has 2 aromatic heterocycles. The summed E-state index contributed by atoms with van der Waals surface area (Å²) < 4.78 is 0. The normalized spacial score (nSPS) is 20.7. The number of aliphatic carboxylic acids is 1. The minimum atomic E-state index is -0.943. The number of hydrogen-bond donors (Lipinski definition) is 2. The number of carboxylic acids is 1. The second kappa shape index (κ2) is 6.37. The molecule has 0 saturated heterocycles. The maximum atomic E-state index is 12.3. The van der Waals surface area contributed by atoms with Crippen molar-refractivity contribution in [2.75, 3.05) is 5.32 Å². The van der Waals surface area contributed by atoms with Gasteiger partial charge in [0.2, 0.25) is 11.0 Å². The van der Waals surface area contributed by atoms with E-state index in [1.165, 1.54) is 11.3 Å². The van der Waals surface area contributed by atoms with Crippen LogP contribution in [-0.4, -0.2) is 27.2 Å². The predicted octanol–water partition coefficient (Wildman–Crippen LogP) is 2.87. The van der Waals surface area contributed by atoms with Gasteiger partial charge in [0.15, 0.2) is 5.01 Å². The van der Waals surface area contributed by atoms with Gasteiger partial charge in [-0.05, 0) is 24.3 Å². The van der Waals surface area contributed by atoms with Crippen molar-refractivity contribution < 1.29 is 14.7 Å². The zero-order chi connectivity index (χ0) is 15.5. The molecule has 0 bridgehead atoms. The van der Waals surface area contributed by atoms with Crippen molar-refractivity contribution in [1.29, 1.82) is 0 Å². The Morgan fingerprint density at radius 3 is 2.68 bits per heavy atom. The minimum absolute atomic E-state index is 0.314. The molecule has 0 fully saturated rings. The molecule has 114 valence electrons. The van der Waals surface area contributed by atoms with Gasteiger partial charge in [0.05, 0.1) is 16.7 Å². The van der Waals surface area contributed by atoms with Crippen LogP contribution in [0.25, 0.3) is 9.88 Å². The van der Waals surface area contributed by atoms with Gasteiger partial charge < -0.3 is 10.4 Å². The van der Waals surface area contributed by atoms with E-state index < -0.39 is 17.8 Å². The second-order valence-electron chi connectivity index (χ2n) is 4.87. The van der Waals surface area contributed by atoms with E-state index in [-0.39, 0.29) is 5.91 Å². The first kappa shape index (κ1) is 14.9. The molecule has 1 aliphatic carbocycles. The Bertz CT molecular complexity index is 709. The van der Waals surface area contributed by atoms with Gasteiger partial charge in [0.1, 0.15) is 0 Å². The third-order valence-corrected chi connectivity index (χ3v) is 5.35. The number of nitrogens with zero attached hydrogens (tertiary/aromatic N) is 2. The molecule has 22 heavy (non-hydrogen) atoms. The summed E-state index contributed by atoms with van der Waals surface area (Å²) in [7, 11) is 0. The molecule has 6 nitrogen and oxygen atoms in total. The molecule has 0 spiro atoms. The number of thiophene rings is 1. The fourth-order valence-electron chi connectivity index (χ4n) is 2.35. The van der Waals surface area contributed by atoms with E-state index in [2.05, 4.69) is 15.5 Å². The average Bonchev–Trinajstić information content (AvgIpc) is 3.17. The van der Waals surface area contributed by atoms with Crippen molar-refractivity contribution in [2.24, 2.45) is 11.8 Å². The number of anilines is 1. The third-order valence-electron chi connectivity index (χ3n) is 3.47. The molecular formula is C14H13N3O3S2. The average molecular weight is 335 g/mol. The summed E-state index contributed by atoms with van der Waals surface area (Å²) in [6.45, 7) is 0. The number of carbonyl (C=O) groups excluding carboxylic acids is 1. The number of hydrogen-bond acceptors (Lipinski definition) is 6. The molecule has 1 aliphatic rings. The molecule has 2 heterocycles. The summed E-state index contributed by atoms with van der Waals surface area (Å²) in [6, 6.07) is 3.86. The summed E-state index contributed by atoms with van der Waals surface area (Å²) >= 11 is 2.83. The predicted molar refractivity (Wildman–Crippen MR) is 84.8 cm³/mol. The number of rotatable bonds is 4. The first-order valence-electron chi connectivity index (χ1n) is 6.71. The van der Waals surface area contributed by atoms with Crippen LogP contribution in [0.3, 0.4) is 0 Å². The molecule has 1 amide bonds. The molecule has 0 aromatic carbocycles. The van der Waals surface area contributed by atoms with E-state index in [4.69, 9.17) is 0 Å². The number of carbonyl (C=O) groups is 2. The molecule has 2 atom stereocenters. The van der Waals surface area contributed by atoms with Crippen LogP contribution < -0.4 is 5.32 Å². The summed E-state index contributed by atoms with van der Waals surface area (Å²) in [6.07, 6.45) is 4.46. The maximum Gasteiger partial charge on any atom is 0.307 e. The fourth-order valence-corrected chi connectivity index (χ4v) is 3.89. The Morgan fingerprint density at radius 2 is 2.00 bits per heavy atom. The maximum absolute atomic E-state index is 12.3. The van der Waals surface area contributed by atoms with E-state index in [0.717, 1.165) is 9.88 Å². The van der Waals surface area contributed by atoms with Gasteiger partial charge >= 0.3 is 5.97 Å². The molecule has 2 aromatic rings. The lowest BCUT2D eigenvalue weighted by molar-refractivity contribution is -0.146. The minimum Gasteiger partial charge on any atom is -0.481 e. The SMILES string of the molecule is O=C(Nc1nnc(-c2cccs2)s1)[C@H]1CC=CC[C@H]1C(=O)O. The molecule has 0 radical (unpaired) electrons. The van der Waals surface area contributed by atoms with Crippen molar-refractivity contribution >= 4 is 39.7 Å². The number of amides is 1. The topological polar surface area (TPSA) is 92.2 Å². The van der Waals surface area contributed by atoms with E-state index in [0.29, 0.717) is 18.0 Å². The van der Waals surface area contributed by atoms with Gasteiger partial charge in [0, 0.05) is 0 Å². The Balaban J connectivity index is 1.71. The molecule has 0 saturated carbocycles. The molecule has 3 rings (SSSR count). The van der Waals surface area contributed by atoms with Gasteiger partial charge in [-0.2, -0.15) is 0 Å². The number of aromatic nitrogens is 2. The Kier molecular flexibility index (Phi) is 4.30. The van der Waals surface area contributed by atoms with Gasteiger partial charge in [-0.25, -0.2) is 0 Å². The van der Waals surface area contributed by atoms with E-state index >= 15 is 0 Å². The Hall–Kier alpha value is -2.06. The second-order valence-corrected chi connectivity index (χ2v) is 6.80. The Morgan fingerprint density at radius 1 is 1.23 bits per heavy atom. The Labute approximate surface area is 134 Å². The molecule has 0 aliphatic heterocycles. The highest BCUT2D eigenvalue weighted by Crippen LogP contribution is 2.31. The first-order chi connectivity index (χ1) is 10.6. The lowest BCUT2D eigenvalue weighted by atomic mass is 9.82. The van der Waals surface area contributed by atoms with E-state index in [1.54, 1.807) is 11.3 Å². The summed E-state index contributed by atoms with van der Waals surface area (Å²) in [5, 5.41) is 23.0. The van der Waals surface area contributed by atoms with Crippen LogP contribution in [0.15, 0.2) is 29.7 Å². The standard InChI is InChI=1S/C14H13N3O3S2/c18-11(8-4-1-2-5-9(8)13(19)20)15-14-17-16-12(22-14)10-6-3-7-21-10/h1-3,6-9H,4-5H2,(H,19,20)(H,15,17,18)/t8-,9+/m0/s1. The van der Waals surface area contributed by atoms with Crippen LogP contribution in [0.1, 0.15) is 12.8 Å². The summed E-state index contributed by atoms with van der Waals surface area (Å²) in [5.41, 5.74) is 0. The smallest absolute Gasteiger partial charge is 0.307 e. The monoisotopic (exact) mass is 335 g/mol. The highest BCUT2D eigenvalue weighted by atomic mass is 32.1. The van der Waals surface area contributed by atoms with Gasteiger partial charge in [0.25, 0.3) is 0 Å². The van der Waals surface area contributed by atoms with Crippen LogP contribution in [0.4, 0.5) is 5.13 Å². The van der Waals surface area contributed by atoms with Gasteiger partial charge in [-0.1, -0.05) is 29.6 Å². The highest BCUT2D eigenvalue weighted by Gasteiger charge is 2.34. The number of carboxylic acid groups (broad SMARTS) is 1. The van der Waals surface area contributed by atoms with Crippen LogP contribution in [-0.2, 0) is 9.59 Å². The van der Waals surface area contributed by atoms with E-state index in [9.17, 15) is 14.7 Å². The van der Waals surface area contributed by atoms with E-state index in [1.807, 2.05) is 29.7 Å². The molecule has 8 heteroatoms. The third kappa shape index (κ3) is 3.07. The van der Waals surface area contributed by atoms with Crippen molar-refractivity contribution in [1.82, 2.24) is 10.2 Å². The van der Waals surface area contributed by atoms with Crippen molar-refractivity contribution in [3.05, 3.63) is 29.7 Å². The highest BCUT2D eigenvalue weighted by molar-refractivity contribution is 7.23. The van der Waals surface area contributed by atoms with Crippen molar-refractivity contribution in [3.8, 4) is 9.88 Å².